The van der Waals surface area contributed by atoms with Gasteiger partial charge in [0.15, 0.2) is 11.5 Å². The fourth-order valence-electron chi connectivity index (χ4n) is 2.37. The van der Waals surface area contributed by atoms with Crippen LogP contribution in [0.25, 0.3) is 22.1 Å². The van der Waals surface area contributed by atoms with Crippen molar-refractivity contribution in [1.82, 2.24) is 0 Å². The Balaban J connectivity index is 2.37. The van der Waals surface area contributed by atoms with Crippen molar-refractivity contribution in [2.24, 2.45) is 0 Å². The standard InChI is InChI=1S/C16H12O7/c1-22-16-11(19)5-12-13(15(16)21)14(20)9(6-23-12)8-3-2-7(17)4-10(8)18/h2-6,17-19,21H,1H3. The van der Waals surface area contributed by atoms with Crippen molar-refractivity contribution in [2.75, 3.05) is 7.11 Å². The normalized spacial score (nSPS) is 10.8. The summed E-state index contributed by atoms with van der Waals surface area (Å²) < 4.78 is 10.1. The highest BCUT2D eigenvalue weighted by molar-refractivity contribution is 5.91. The number of hydrogen-bond acceptors (Lipinski definition) is 7. The smallest absolute Gasteiger partial charge is 0.204 e. The number of fused-ring (bicyclic) bond motifs is 1. The van der Waals surface area contributed by atoms with E-state index in [9.17, 15) is 25.2 Å². The van der Waals surface area contributed by atoms with Gasteiger partial charge in [-0.25, -0.2) is 0 Å². The van der Waals surface area contributed by atoms with E-state index in [1.807, 2.05) is 0 Å². The van der Waals surface area contributed by atoms with E-state index in [1.165, 1.54) is 19.2 Å². The first kappa shape index (κ1) is 14.6. The van der Waals surface area contributed by atoms with Crippen molar-refractivity contribution < 1.29 is 29.6 Å². The molecule has 23 heavy (non-hydrogen) atoms. The van der Waals surface area contributed by atoms with Crippen molar-refractivity contribution in [3.05, 3.63) is 40.8 Å². The van der Waals surface area contributed by atoms with Crippen LogP contribution in [0.15, 0.2) is 39.7 Å². The van der Waals surface area contributed by atoms with Gasteiger partial charge in [-0.05, 0) is 12.1 Å². The van der Waals surface area contributed by atoms with Crippen molar-refractivity contribution in [3.63, 3.8) is 0 Å². The van der Waals surface area contributed by atoms with Gasteiger partial charge in [-0.1, -0.05) is 0 Å². The Morgan fingerprint density at radius 2 is 1.74 bits per heavy atom. The van der Waals surface area contributed by atoms with Crippen LogP contribution in [0, 0.1) is 0 Å². The second-order valence-electron chi connectivity index (χ2n) is 4.83. The summed E-state index contributed by atoms with van der Waals surface area (Å²) in [5.41, 5.74) is -0.543. The lowest BCUT2D eigenvalue weighted by Crippen LogP contribution is -2.05. The second kappa shape index (κ2) is 5.13. The van der Waals surface area contributed by atoms with Crippen molar-refractivity contribution in [3.8, 4) is 39.9 Å². The topological polar surface area (TPSA) is 120 Å². The Morgan fingerprint density at radius 3 is 2.39 bits per heavy atom. The summed E-state index contributed by atoms with van der Waals surface area (Å²) in [5, 5.41) is 38.9. The number of aromatic hydroxyl groups is 4. The molecule has 1 aromatic heterocycles. The third kappa shape index (κ3) is 2.18. The van der Waals surface area contributed by atoms with Crippen molar-refractivity contribution >= 4 is 11.0 Å². The number of rotatable bonds is 2. The third-order valence-corrected chi connectivity index (χ3v) is 3.45. The van der Waals surface area contributed by atoms with Crippen LogP contribution in [0.1, 0.15) is 0 Å². The van der Waals surface area contributed by atoms with Gasteiger partial charge < -0.3 is 29.6 Å². The number of phenolic OH excluding ortho intramolecular Hbond substituents is 4. The Bertz CT molecular complexity index is 972. The van der Waals surface area contributed by atoms with Gasteiger partial charge in [-0.15, -0.1) is 0 Å². The summed E-state index contributed by atoms with van der Waals surface area (Å²) in [4.78, 5) is 12.6. The number of methoxy groups -OCH3 is 1. The van der Waals surface area contributed by atoms with E-state index in [0.29, 0.717) is 0 Å². The number of phenols is 4. The van der Waals surface area contributed by atoms with E-state index in [0.717, 1.165) is 18.4 Å². The molecule has 0 unspecified atom stereocenters. The van der Waals surface area contributed by atoms with Crippen LogP contribution >= 0.6 is 0 Å². The zero-order chi connectivity index (χ0) is 16.7. The van der Waals surface area contributed by atoms with Gasteiger partial charge in [0.25, 0.3) is 0 Å². The molecule has 0 aliphatic rings. The molecule has 0 saturated heterocycles. The summed E-state index contributed by atoms with van der Waals surface area (Å²) in [6, 6.07) is 4.87. The van der Waals surface area contributed by atoms with Crippen molar-refractivity contribution in [2.45, 2.75) is 0 Å². The van der Waals surface area contributed by atoms with E-state index in [1.54, 1.807) is 0 Å². The number of benzene rings is 2. The van der Waals surface area contributed by atoms with Gasteiger partial charge in [-0.2, -0.15) is 0 Å². The fourth-order valence-corrected chi connectivity index (χ4v) is 2.37. The summed E-state index contributed by atoms with van der Waals surface area (Å²) >= 11 is 0. The highest BCUT2D eigenvalue weighted by Gasteiger charge is 2.20. The van der Waals surface area contributed by atoms with Crippen LogP contribution < -0.4 is 10.2 Å². The summed E-state index contributed by atoms with van der Waals surface area (Å²) in [5.74, 6) is -1.66. The molecule has 0 radical (unpaired) electrons. The Labute approximate surface area is 129 Å². The molecule has 0 aliphatic carbocycles. The molecule has 2 aromatic carbocycles. The van der Waals surface area contributed by atoms with Crippen LogP contribution in [0.4, 0.5) is 0 Å². The average Bonchev–Trinajstić information content (AvgIpc) is 2.48. The molecule has 118 valence electrons. The predicted octanol–water partition coefficient (Wildman–Crippen LogP) is 2.29. The molecule has 4 N–H and O–H groups in total. The lowest BCUT2D eigenvalue weighted by Gasteiger charge is -2.10. The molecular formula is C16H12O7. The largest absolute Gasteiger partial charge is 0.508 e. The maximum Gasteiger partial charge on any atom is 0.204 e. The molecule has 0 atom stereocenters. The maximum absolute atomic E-state index is 12.6. The van der Waals surface area contributed by atoms with E-state index in [2.05, 4.69) is 0 Å². The first-order valence-electron chi connectivity index (χ1n) is 6.50. The molecular weight excluding hydrogens is 304 g/mol. The SMILES string of the molecule is COc1c(O)cc2occ(-c3ccc(O)cc3O)c(=O)c2c1O. The van der Waals surface area contributed by atoms with Crippen LogP contribution in [0.3, 0.4) is 0 Å². The maximum atomic E-state index is 12.6. The molecule has 3 rings (SSSR count). The van der Waals surface area contributed by atoms with Crippen LogP contribution in [-0.4, -0.2) is 27.5 Å². The van der Waals surface area contributed by atoms with E-state index in [4.69, 9.17) is 9.15 Å². The zero-order valence-electron chi connectivity index (χ0n) is 11.9. The molecule has 0 bridgehead atoms. The second-order valence-corrected chi connectivity index (χ2v) is 4.83. The van der Waals surface area contributed by atoms with Gasteiger partial charge in [-0.3, -0.25) is 4.79 Å². The molecule has 0 aliphatic heterocycles. The first-order chi connectivity index (χ1) is 10.9. The summed E-state index contributed by atoms with van der Waals surface area (Å²) in [6.07, 6.45) is 1.10. The summed E-state index contributed by atoms with van der Waals surface area (Å²) in [6.45, 7) is 0. The minimum absolute atomic E-state index is 0.0157. The zero-order valence-corrected chi connectivity index (χ0v) is 11.9. The van der Waals surface area contributed by atoms with Gasteiger partial charge in [0.05, 0.1) is 12.7 Å². The average molecular weight is 316 g/mol. The minimum atomic E-state index is -0.622. The first-order valence-corrected chi connectivity index (χ1v) is 6.50. The molecule has 7 nitrogen and oxygen atoms in total. The van der Waals surface area contributed by atoms with Crippen LogP contribution in [-0.2, 0) is 0 Å². The van der Waals surface area contributed by atoms with E-state index >= 15 is 0 Å². The Kier molecular flexibility index (Phi) is 3.25. The van der Waals surface area contributed by atoms with Crippen LogP contribution in [0.2, 0.25) is 0 Å². The summed E-state index contributed by atoms with van der Waals surface area (Å²) in [7, 11) is 1.23. The van der Waals surface area contributed by atoms with E-state index in [-0.39, 0.29) is 45.1 Å². The lowest BCUT2D eigenvalue weighted by atomic mass is 10.0. The number of ether oxygens (including phenoxy) is 1. The lowest BCUT2D eigenvalue weighted by molar-refractivity contribution is 0.346. The molecule has 1 heterocycles. The fraction of sp³-hybridized carbons (Fsp3) is 0.0625. The van der Waals surface area contributed by atoms with Gasteiger partial charge in [0.2, 0.25) is 11.2 Å². The van der Waals surface area contributed by atoms with Crippen LogP contribution in [0.5, 0.6) is 28.7 Å². The third-order valence-electron chi connectivity index (χ3n) is 3.45. The Hall–Kier alpha value is -3.35. The molecule has 0 saturated carbocycles. The molecule has 0 spiro atoms. The highest BCUT2D eigenvalue weighted by atomic mass is 16.5. The molecule has 3 aromatic rings. The van der Waals surface area contributed by atoms with E-state index < -0.39 is 11.2 Å². The van der Waals surface area contributed by atoms with Gasteiger partial charge in [0.1, 0.15) is 28.7 Å². The van der Waals surface area contributed by atoms with Crippen molar-refractivity contribution in [1.29, 1.82) is 0 Å². The Morgan fingerprint density at radius 1 is 1.00 bits per heavy atom. The minimum Gasteiger partial charge on any atom is -0.508 e. The predicted molar refractivity (Wildman–Crippen MR) is 81.1 cm³/mol. The van der Waals surface area contributed by atoms with Gasteiger partial charge >= 0.3 is 0 Å². The number of hydrogen-bond donors (Lipinski definition) is 4. The highest BCUT2D eigenvalue weighted by Crippen LogP contribution is 2.41. The monoisotopic (exact) mass is 316 g/mol. The van der Waals surface area contributed by atoms with Gasteiger partial charge in [0, 0.05) is 17.7 Å². The molecule has 7 heteroatoms. The molecule has 0 amide bonds. The molecule has 0 fully saturated rings. The quantitative estimate of drug-likeness (QED) is 0.572.